The van der Waals surface area contributed by atoms with E-state index >= 15 is 0 Å². The highest BCUT2D eigenvalue weighted by Gasteiger charge is 2.42. The third-order valence-electron chi connectivity index (χ3n) is 6.00. The van der Waals surface area contributed by atoms with Crippen molar-refractivity contribution in [3.05, 3.63) is 108 Å². The van der Waals surface area contributed by atoms with E-state index < -0.39 is 5.97 Å². The number of thiocarbonyl (C=S) groups is 1. The number of aromatic carboxylic acids is 1. The fourth-order valence-corrected chi connectivity index (χ4v) is 4.78. The van der Waals surface area contributed by atoms with Crippen LogP contribution in [0.2, 0.25) is 0 Å². The Morgan fingerprint density at radius 2 is 1.77 bits per heavy atom. The summed E-state index contributed by atoms with van der Waals surface area (Å²) < 4.78 is 7.68. The third kappa shape index (κ3) is 4.36. The van der Waals surface area contributed by atoms with Gasteiger partial charge in [-0.15, -0.1) is 0 Å². The molecule has 35 heavy (non-hydrogen) atoms. The molecule has 5 rings (SSSR count). The van der Waals surface area contributed by atoms with E-state index in [1.54, 1.807) is 18.3 Å². The van der Waals surface area contributed by atoms with Gasteiger partial charge in [0.15, 0.2) is 5.11 Å². The highest BCUT2D eigenvalue weighted by molar-refractivity contribution is 7.80. The van der Waals surface area contributed by atoms with Gasteiger partial charge in [-0.25, -0.2) is 4.79 Å². The lowest BCUT2D eigenvalue weighted by Gasteiger charge is -2.29. The number of aromatic nitrogens is 2. The van der Waals surface area contributed by atoms with Gasteiger partial charge in [0.25, 0.3) is 0 Å². The Bertz CT molecular complexity index is 1340. The van der Waals surface area contributed by atoms with Gasteiger partial charge in [0.1, 0.15) is 11.8 Å². The fraction of sp³-hybridized carbons (Fsp3) is 0.148. The first-order valence-electron chi connectivity index (χ1n) is 11.3. The van der Waals surface area contributed by atoms with Crippen molar-refractivity contribution in [3.8, 4) is 11.4 Å². The normalized spacial score (nSPS) is 17.3. The number of pyridine rings is 1. The molecule has 0 saturated carbocycles. The van der Waals surface area contributed by atoms with Crippen LogP contribution in [0.1, 0.15) is 40.8 Å². The van der Waals surface area contributed by atoms with Crippen LogP contribution in [0.3, 0.4) is 0 Å². The van der Waals surface area contributed by atoms with Gasteiger partial charge in [0.05, 0.1) is 23.9 Å². The Balaban J connectivity index is 1.60. The molecule has 3 heterocycles. The molecule has 2 unspecified atom stereocenters. The predicted molar refractivity (Wildman–Crippen MR) is 138 cm³/mol. The molecular weight excluding hydrogens is 460 g/mol. The second kappa shape index (κ2) is 9.60. The molecule has 1 fully saturated rings. The first kappa shape index (κ1) is 22.6. The van der Waals surface area contributed by atoms with Crippen molar-refractivity contribution in [2.75, 3.05) is 11.5 Å². The monoisotopic (exact) mass is 484 g/mol. The predicted octanol–water partition coefficient (Wildman–Crippen LogP) is 5.15. The van der Waals surface area contributed by atoms with Crippen molar-refractivity contribution < 1.29 is 14.6 Å². The lowest BCUT2D eigenvalue weighted by molar-refractivity contribution is 0.0697. The number of nitrogens with one attached hydrogen (secondary N) is 1. The molecule has 176 valence electrons. The van der Waals surface area contributed by atoms with E-state index in [0.717, 1.165) is 28.5 Å². The number of hydrogen-bond acceptors (Lipinski definition) is 4. The van der Waals surface area contributed by atoms with Crippen LogP contribution in [0.15, 0.2) is 91.3 Å². The van der Waals surface area contributed by atoms with Gasteiger partial charge in [0.2, 0.25) is 0 Å². The fourth-order valence-electron chi connectivity index (χ4n) is 4.44. The van der Waals surface area contributed by atoms with Crippen molar-refractivity contribution in [1.29, 1.82) is 0 Å². The highest BCUT2D eigenvalue weighted by Crippen LogP contribution is 2.42. The summed E-state index contributed by atoms with van der Waals surface area (Å²) in [5.74, 6) is -0.152. The van der Waals surface area contributed by atoms with Crippen LogP contribution in [0.4, 0.5) is 5.69 Å². The lowest BCUT2D eigenvalue weighted by atomic mass is 10.0. The number of carbonyl (C=O) groups is 1. The van der Waals surface area contributed by atoms with Crippen LogP contribution in [-0.2, 0) is 0 Å². The summed E-state index contributed by atoms with van der Waals surface area (Å²) in [7, 11) is 0. The second-order valence-corrected chi connectivity index (χ2v) is 8.47. The van der Waals surface area contributed by atoms with E-state index in [2.05, 4.69) is 25.8 Å². The quantitative estimate of drug-likeness (QED) is 0.351. The van der Waals surface area contributed by atoms with E-state index in [0.29, 0.717) is 11.7 Å². The molecule has 0 bridgehead atoms. The van der Waals surface area contributed by atoms with Crippen molar-refractivity contribution >= 4 is 29.0 Å². The molecule has 0 aliphatic carbocycles. The molecule has 8 heteroatoms. The maximum Gasteiger partial charge on any atom is 0.335 e. The molecule has 0 spiro atoms. The van der Waals surface area contributed by atoms with E-state index in [-0.39, 0.29) is 17.6 Å². The molecule has 1 saturated heterocycles. The average molecular weight is 485 g/mol. The minimum atomic E-state index is -0.952. The van der Waals surface area contributed by atoms with Gasteiger partial charge < -0.3 is 24.6 Å². The van der Waals surface area contributed by atoms with Crippen LogP contribution in [0, 0.1) is 0 Å². The minimum Gasteiger partial charge on any atom is -0.494 e. The summed E-state index contributed by atoms with van der Waals surface area (Å²) >= 11 is 5.82. The Morgan fingerprint density at radius 3 is 2.43 bits per heavy atom. The number of hydrogen-bond donors (Lipinski definition) is 2. The molecular formula is C27H24N4O3S. The smallest absolute Gasteiger partial charge is 0.335 e. The Kier molecular flexibility index (Phi) is 6.20. The van der Waals surface area contributed by atoms with E-state index in [4.69, 9.17) is 17.0 Å². The van der Waals surface area contributed by atoms with E-state index in [1.165, 1.54) is 0 Å². The average Bonchev–Trinajstić information content (AvgIpc) is 3.50. The summed E-state index contributed by atoms with van der Waals surface area (Å²) in [4.78, 5) is 18.0. The van der Waals surface area contributed by atoms with Crippen LogP contribution in [0.5, 0.6) is 5.75 Å². The van der Waals surface area contributed by atoms with Gasteiger partial charge in [-0.1, -0.05) is 6.07 Å². The molecule has 2 N–H and O–H groups in total. The number of rotatable bonds is 7. The van der Waals surface area contributed by atoms with Crippen molar-refractivity contribution in [2.24, 2.45) is 0 Å². The number of ether oxygens (including phenoxy) is 1. The molecule has 2 aromatic heterocycles. The maximum atomic E-state index is 11.3. The molecule has 2 atom stereocenters. The summed E-state index contributed by atoms with van der Waals surface area (Å²) in [5.41, 5.74) is 3.91. The van der Waals surface area contributed by atoms with Crippen LogP contribution in [0.25, 0.3) is 5.69 Å². The number of carboxylic acid groups (broad SMARTS) is 1. The lowest BCUT2D eigenvalue weighted by Crippen LogP contribution is -2.30. The van der Waals surface area contributed by atoms with Crippen molar-refractivity contribution in [1.82, 2.24) is 14.9 Å². The zero-order valence-electron chi connectivity index (χ0n) is 19.0. The maximum absolute atomic E-state index is 11.3. The Hall–Kier alpha value is -4.17. The van der Waals surface area contributed by atoms with Gasteiger partial charge in [-0.2, -0.15) is 0 Å². The number of nitrogens with zero attached hydrogens (tertiary/aromatic N) is 3. The van der Waals surface area contributed by atoms with Gasteiger partial charge in [0, 0.05) is 29.5 Å². The van der Waals surface area contributed by atoms with Crippen LogP contribution < -0.4 is 15.0 Å². The third-order valence-corrected chi connectivity index (χ3v) is 6.31. The van der Waals surface area contributed by atoms with Gasteiger partial charge in [-0.3, -0.25) is 4.98 Å². The Labute approximate surface area is 208 Å². The molecule has 0 amide bonds. The van der Waals surface area contributed by atoms with Gasteiger partial charge >= 0.3 is 5.97 Å². The SMILES string of the molecule is CCOc1ccc(N2C(=S)NC(c3ccccn3)C2c2cccn2-c2ccc(C(=O)O)cc2)cc1. The summed E-state index contributed by atoms with van der Waals surface area (Å²) in [5, 5.41) is 13.4. The number of carboxylic acids is 1. The first-order chi connectivity index (χ1) is 17.1. The Morgan fingerprint density at radius 1 is 1.03 bits per heavy atom. The zero-order valence-corrected chi connectivity index (χ0v) is 19.9. The molecule has 2 aromatic carbocycles. The largest absolute Gasteiger partial charge is 0.494 e. The van der Waals surface area contributed by atoms with E-state index in [1.807, 2.05) is 73.8 Å². The van der Waals surface area contributed by atoms with E-state index in [9.17, 15) is 9.90 Å². The van der Waals surface area contributed by atoms with Gasteiger partial charge in [-0.05, 0) is 91.9 Å². The summed E-state index contributed by atoms with van der Waals surface area (Å²) in [6.07, 6.45) is 3.75. The second-order valence-electron chi connectivity index (χ2n) is 8.08. The van der Waals surface area contributed by atoms with Crippen molar-refractivity contribution in [2.45, 2.75) is 19.0 Å². The summed E-state index contributed by atoms with van der Waals surface area (Å²) in [6, 6.07) is 24.2. The number of anilines is 1. The molecule has 7 nitrogen and oxygen atoms in total. The minimum absolute atomic E-state index is 0.192. The first-order valence-corrected chi connectivity index (χ1v) is 11.7. The van der Waals surface area contributed by atoms with Crippen LogP contribution in [-0.4, -0.2) is 32.3 Å². The molecule has 1 aliphatic rings. The number of benzene rings is 2. The standard InChI is InChI=1S/C27H24N4O3S/c1-2-34-21-14-12-20(13-15-21)31-25(24(29-27(31)35)22-6-3-4-16-28-22)23-7-5-17-30(23)19-10-8-18(9-11-19)26(32)33/h3-17,24-25H,2H2,1H3,(H,29,35)(H,32,33). The molecule has 0 radical (unpaired) electrons. The molecule has 1 aliphatic heterocycles. The highest BCUT2D eigenvalue weighted by atomic mass is 32.1. The summed E-state index contributed by atoms with van der Waals surface area (Å²) in [6.45, 7) is 2.56. The zero-order chi connectivity index (χ0) is 24.4. The topological polar surface area (TPSA) is 79.6 Å². The van der Waals surface area contributed by atoms with Crippen molar-refractivity contribution in [3.63, 3.8) is 0 Å². The molecule has 4 aromatic rings. The van der Waals surface area contributed by atoms with Crippen LogP contribution >= 0.6 is 12.2 Å².